The molecule has 0 saturated heterocycles. The summed E-state index contributed by atoms with van der Waals surface area (Å²) in [5.74, 6) is -3.77. The first-order chi connectivity index (χ1) is 20.2. The van der Waals surface area contributed by atoms with Gasteiger partial charge < -0.3 is 20.4 Å². The Morgan fingerprint density at radius 2 is 0.791 bits per heavy atom. The molecule has 0 aliphatic rings. The minimum absolute atomic E-state index is 0.246. The first-order valence-electron chi connectivity index (χ1n) is 13.2. The van der Waals surface area contributed by atoms with Crippen LogP contribution in [0.3, 0.4) is 0 Å². The van der Waals surface area contributed by atoms with Crippen molar-refractivity contribution in [1.29, 1.82) is 0 Å². The summed E-state index contributed by atoms with van der Waals surface area (Å²) < 4.78 is 0. The van der Waals surface area contributed by atoms with Crippen LogP contribution in [0.25, 0.3) is 22.8 Å². The maximum absolute atomic E-state index is 11.3. The number of carboxylic acids is 4. The Balaban J connectivity index is 0.000000236. The smallest absolute Gasteiger partial charge is 0.336 e. The highest BCUT2D eigenvalue weighted by atomic mass is 16.4. The number of benzene rings is 4. The summed E-state index contributed by atoms with van der Waals surface area (Å²) in [6.07, 6.45) is 1.92. The molecular formula is C35H32O8. The van der Waals surface area contributed by atoms with Crippen LogP contribution in [0.15, 0.2) is 72.8 Å². The Hall–Kier alpha value is -5.50. The summed E-state index contributed by atoms with van der Waals surface area (Å²) in [6, 6.07) is 20.5. The van der Waals surface area contributed by atoms with Crippen molar-refractivity contribution in [2.75, 3.05) is 0 Å². The van der Waals surface area contributed by atoms with Crippen LogP contribution in [0.1, 0.15) is 81.7 Å². The number of hydrogen-bond acceptors (Lipinski definition) is 4. The van der Waals surface area contributed by atoms with E-state index in [9.17, 15) is 29.4 Å². The van der Waals surface area contributed by atoms with Gasteiger partial charge in [-0.25, -0.2) is 19.2 Å². The van der Waals surface area contributed by atoms with Crippen LogP contribution in [0.5, 0.6) is 0 Å². The maximum Gasteiger partial charge on any atom is 0.336 e. The fourth-order valence-electron chi connectivity index (χ4n) is 4.87. The van der Waals surface area contributed by atoms with Gasteiger partial charge in [0.05, 0.1) is 22.3 Å². The SMILES string of the molecule is CC(=Cc1ccc(C(=O)O)cc1)c1ccc(C(=O)O)cc1.Cc1cc(-c2cc(C)c(C(=O)O)c(C)c2)cc(C)c1C(=O)O. The van der Waals surface area contributed by atoms with Crippen molar-refractivity contribution in [1.82, 2.24) is 0 Å². The molecule has 0 aromatic heterocycles. The number of rotatable bonds is 7. The van der Waals surface area contributed by atoms with Gasteiger partial charge in [-0.3, -0.25) is 0 Å². The van der Waals surface area contributed by atoms with Crippen molar-refractivity contribution in [3.63, 3.8) is 0 Å². The minimum Gasteiger partial charge on any atom is -0.478 e. The summed E-state index contributed by atoms with van der Waals surface area (Å²) in [4.78, 5) is 44.1. The van der Waals surface area contributed by atoms with Gasteiger partial charge in [-0.2, -0.15) is 0 Å². The Morgan fingerprint density at radius 3 is 1.09 bits per heavy atom. The number of carboxylic acid groups (broad SMARTS) is 4. The number of aryl methyl sites for hydroxylation is 4. The van der Waals surface area contributed by atoms with Crippen LogP contribution in [0.2, 0.25) is 0 Å². The highest BCUT2D eigenvalue weighted by molar-refractivity contribution is 5.94. The lowest BCUT2D eigenvalue weighted by atomic mass is 9.92. The van der Waals surface area contributed by atoms with Gasteiger partial charge in [0.25, 0.3) is 0 Å². The standard InChI is InChI=1S/C18H18O4.C17H14O4/c1-9-5-13(6-10(2)15(9)17(19)20)14-7-11(3)16(18(21)22)12(4)8-14;1-11(13-6-8-15(9-7-13)17(20)21)10-12-2-4-14(5-3-12)16(18)19/h5-8H,1-4H3,(H,19,20)(H,21,22);2-10H,1H3,(H,18,19)(H,20,21). The molecule has 0 heterocycles. The molecule has 220 valence electrons. The largest absolute Gasteiger partial charge is 0.478 e. The Bertz CT molecular complexity index is 1630. The van der Waals surface area contributed by atoms with Crippen LogP contribution in [0.4, 0.5) is 0 Å². The Labute approximate surface area is 249 Å². The molecular weight excluding hydrogens is 548 g/mol. The normalized spacial score (nSPS) is 10.9. The fourth-order valence-corrected chi connectivity index (χ4v) is 4.87. The van der Waals surface area contributed by atoms with Gasteiger partial charge in [0.2, 0.25) is 0 Å². The molecule has 0 radical (unpaired) electrons. The topological polar surface area (TPSA) is 149 Å². The van der Waals surface area contributed by atoms with Gasteiger partial charge in [0, 0.05) is 0 Å². The van der Waals surface area contributed by atoms with E-state index in [2.05, 4.69) is 0 Å². The predicted octanol–water partition coefficient (Wildman–Crippen LogP) is 7.63. The summed E-state index contributed by atoms with van der Waals surface area (Å²) in [7, 11) is 0. The molecule has 0 atom stereocenters. The van der Waals surface area contributed by atoms with E-state index in [0.29, 0.717) is 33.4 Å². The van der Waals surface area contributed by atoms with Gasteiger partial charge in [0.1, 0.15) is 0 Å². The molecule has 0 fully saturated rings. The maximum atomic E-state index is 11.3. The van der Waals surface area contributed by atoms with E-state index in [0.717, 1.165) is 27.8 Å². The third kappa shape index (κ3) is 7.83. The number of carbonyl (C=O) groups is 4. The molecule has 0 saturated carbocycles. The van der Waals surface area contributed by atoms with E-state index < -0.39 is 23.9 Å². The highest BCUT2D eigenvalue weighted by Gasteiger charge is 2.16. The summed E-state index contributed by atoms with van der Waals surface area (Å²) in [6.45, 7) is 8.99. The van der Waals surface area contributed by atoms with Crippen molar-refractivity contribution in [2.45, 2.75) is 34.6 Å². The second-order valence-electron chi connectivity index (χ2n) is 10.2. The Morgan fingerprint density at radius 1 is 0.488 bits per heavy atom. The summed E-state index contributed by atoms with van der Waals surface area (Å²) >= 11 is 0. The predicted molar refractivity (Wildman–Crippen MR) is 165 cm³/mol. The minimum atomic E-state index is -0.952. The zero-order valence-electron chi connectivity index (χ0n) is 24.4. The van der Waals surface area contributed by atoms with E-state index in [4.69, 9.17) is 10.2 Å². The number of allylic oxidation sites excluding steroid dienone is 1. The van der Waals surface area contributed by atoms with E-state index in [-0.39, 0.29) is 11.1 Å². The lowest BCUT2D eigenvalue weighted by Crippen LogP contribution is -2.05. The van der Waals surface area contributed by atoms with Crippen LogP contribution >= 0.6 is 0 Å². The molecule has 8 heteroatoms. The van der Waals surface area contributed by atoms with Gasteiger partial charge in [-0.15, -0.1) is 0 Å². The van der Waals surface area contributed by atoms with Crippen LogP contribution in [-0.2, 0) is 0 Å². The zero-order valence-corrected chi connectivity index (χ0v) is 24.4. The molecule has 0 amide bonds. The van der Waals surface area contributed by atoms with E-state index in [1.165, 1.54) is 0 Å². The number of hydrogen-bond donors (Lipinski definition) is 4. The molecule has 0 spiro atoms. The van der Waals surface area contributed by atoms with Crippen molar-refractivity contribution >= 4 is 35.5 Å². The second-order valence-corrected chi connectivity index (χ2v) is 10.2. The fraction of sp³-hybridized carbons (Fsp3) is 0.143. The molecule has 4 aromatic carbocycles. The van der Waals surface area contributed by atoms with Gasteiger partial charge >= 0.3 is 23.9 Å². The zero-order chi connectivity index (χ0) is 32.0. The third-order valence-corrected chi connectivity index (χ3v) is 6.95. The molecule has 4 rings (SSSR count). The molecule has 4 N–H and O–H groups in total. The quantitative estimate of drug-likeness (QED) is 0.163. The highest BCUT2D eigenvalue weighted by Crippen LogP contribution is 2.29. The molecule has 0 bridgehead atoms. The first kappa shape index (κ1) is 32.0. The van der Waals surface area contributed by atoms with Crippen LogP contribution < -0.4 is 0 Å². The van der Waals surface area contributed by atoms with Crippen molar-refractivity contribution < 1.29 is 39.6 Å². The van der Waals surface area contributed by atoms with Gasteiger partial charge in [0.15, 0.2) is 0 Å². The van der Waals surface area contributed by atoms with E-state index in [1.54, 1.807) is 76.2 Å². The van der Waals surface area contributed by atoms with Crippen molar-refractivity contribution in [3.8, 4) is 11.1 Å². The lowest BCUT2D eigenvalue weighted by Gasteiger charge is -2.13. The molecule has 43 heavy (non-hydrogen) atoms. The van der Waals surface area contributed by atoms with E-state index >= 15 is 0 Å². The number of aromatic carboxylic acids is 4. The van der Waals surface area contributed by atoms with E-state index in [1.807, 2.05) is 37.3 Å². The van der Waals surface area contributed by atoms with Crippen LogP contribution in [-0.4, -0.2) is 44.3 Å². The average molecular weight is 581 g/mol. The first-order valence-corrected chi connectivity index (χ1v) is 13.2. The molecule has 8 nitrogen and oxygen atoms in total. The summed E-state index contributed by atoms with van der Waals surface area (Å²) in [5.41, 5.74) is 8.47. The molecule has 0 unspecified atom stereocenters. The average Bonchev–Trinajstić information content (AvgIpc) is 2.92. The monoisotopic (exact) mass is 580 g/mol. The van der Waals surface area contributed by atoms with Crippen LogP contribution in [0, 0.1) is 27.7 Å². The Kier molecular flexibility index (Phi) is 10.0. The van der Waals surface area contributed by atoms with Crippen molar-refractivity contribution in [2.24, 2.45) is 0 Å². The lowest BCUT2D eigenvalue weighted by molar-refractivity contribution is 0.0684. The molecule has 0 aliphatic heterocycles. The van der Waals surface area contributed by atoms with Crippen molar-refractivity contribution in [3.05, 3.63) is 128 Å². The third-order valence-electron chi connectivity index (χ3n) is 6.95. The summed E-state index contributed by atoms with van der Waals surface area (Å²) in [5, 5.41) is 36.2. The van der Waals surface area contributed by atoms with Gasteiger partial charge in [-0.05, 0) is 109 Å². The van der Waals surface area contributed by atoms with Gasteiger partial charge in [-0.1, -0.05) is 54.6 Å². The molecule has 0 aliphatic carbocycles. The second kappa shape index (κ2) is 13.4. The molecule has 4 aromatic rings.